The number of nitrogens with one attached hydrogen (secondary N) is 2. The number of nitrogen functional groups attached to an aromatic ring is 1. The summed E-state index contributed by atoms with van der Waals surface area (Å²) >= 11 is 3.51. The standard InChI is InChI=1S/C16H24BrN3O2/c1-16(2,3)22-15(21)20-11-8-7-10(9-11)19-14-12(17)5-4-6-13(14)18/h4-6,10-11,19H,7-9,18H2,1-3H3,(H,20,21)/t10-,11-/m0/s1. The number of nitrogens with two attached hydrogens (primary N) is 1. The van der Waals surface area contributed by atoms with Crippen molar-refractivity contribution in [2.45, 2.75) is 57.7 Å². The summed E-state index contributed by atoms with van der Waals surface area (Å²) in [5, 5.41) is 6.40. The first-order chi connectivity index (χ1) is 10.2. The molecule has 0 aliphatic heterocycles. The van der Waals surface area contributed by atoms with Crippen LogP contribution in [0.3, 0.4) is 0 Å². The van der Waals surface area contributed by atoms with Crippen LogP contribution in [0.2, 0.25) is 0 Å². The molecule has 2 atom stereocenters. The number of anilines is 2. The van der Waals surface area contributed by atoms with Gasteiger partial charge in [-0.05, 0) is 68.1 Å². The molecule has 1 aliphatic carbocycles. The Morgan fingerprint density at radius 1 is 1.32 bits per heavy atom. The zero-order valence-corrected chi connectivity index (χ0v) is 14.9. The zero-order valence-electron chi connectivity index (χ0n) is 13.3. The molecule has 0 unspecified atom stereocenters. The Balaban J connectivity index is 1.87. The molecule has 1 amide bonds. The Morgan fingerprint density at radius 3 is 2.64 bits per heavy atom. The average Bonchev–Trinajstić information content (AvgIpc) is 2.79. The van der Waals surface area contributed by atoms with Crippen molar-refractivity contribution in [3.05, 3.63) is 22.7 Å². The van der Waals surface area contributed by atoms with E-state index < -0.39 is 5.60 Å². The fourth-order valence-electron chi connectivity index (χ4n) is 2.62. The van der Waals surface area contributed by atoms with E-state index in [0.717, 1.165) is 35.1 Å². The molecular formula is C16H24BrN3O2. The largest absolute Gasteiger partial charge is 0.444 e. The third kappa shape index (κ3) is 4.80. The van der Waals surface area contributed by atoms with E-state index in [-0.39, 0.29) is 12.1 Å². The fraction of sp³-hybridized carbons (Fsp3) is 0.562. The van der Waals surface area contributed by atoms with Crippen molar-refractivity contribution in [1.82, 2.24) is 5.32 Å². The molecule has 1 aromatic carbocycles. The van der Waals surface area contributed by atoms with Gasteiger partial charge in [0.05, 0.1) is 11.4 Å². The summed E-state index contributed by atoms with van der Waals surface area (Å²) in [6, 6.07) is 6.17. The van der Waals surface area contributed by atoms with Crippen molar-refractivity contribution in [2.75, 3.05) is 11.1 Å². The highest BCUT2D eigenvalue weighted by atomic mass is 79.9. The van der Waals surface area contributed by atoms with Gasteiger partial charge in [-0.3, -0.25) is 0 Å². The summed E-state index contributed by atoms with van der Waals surface area (Å²) in [6.07, 6.45) is 2.43. The lowest BCUT2D eigenvalue weighted by atomic mass is 10.2. The van der Waals surface area contributed by atoms with Crippen LogP contribution >= 0.6 is 15.9 Å². The quantitative estimate of drug-likeness (QED) is 0.706. The van der Waals surface area contributed by atoms with Crippen molar-refractivity contribution in [1.29, 1.82) is 0 Å². The Hall–Kier alpha value is -1.43. The van der Waals surface area contributed by atoms with Crippen molar-refractivity contribution in [2.24, 2.45) is 0 Å². The second-order valence-corrected chi connectivity index (χ2v) is 7.56. The molecule has 0 aromatic heterocycles. The molecule has 6 heteroatoms. The third-order valence-corrected chi connectivity index (χ3v) is 4.21. The molecule has 0 bridgehead atoms. The van der Waals surface area contributed by atoms with Gasteiger partial charge in [-0.1, -0.05) is 6.07 Å². The first-order valence-corrected chi connectivity index (χ1v) is 8.34. The second kappa shape index (κ2) is 6.77. The molecule has 0 radical (unpaired) electrons. The van der Waals surface area contributed by atoms with Gasteiger partial charge in [0.25, 0.3) is 0 Å². The van der Waals surface area contributed by atoms with Crippen molar-refractivity contribution in [3.63, 3.8) is 0 Å². The average molecular weight is 370 g/mol. The van der Waals surface area contributed by atoms with Gasteiger partial charge in [0.2, 0.25) is 0 Å². The number of ether oxygens (including phenoxy) is 1. The van der Waals surface area contributed by atoms with Gasteiger partial charge in [-0.2, -0.15) is 0 Å². The van der Waals surface area contributed by atoms with Gasteiger partial charge in [0.1, 0.15) is 5.60 Å². The maximum Gasteiger partial charge on any atom is 0.407 e. The minimum atomic E-state index is -0.469. The summed E-state index contributed by atoms with van der Waals surface area (Å²) in [7, 11) is 0. The monoisotopic (exact) mass is 369 g/mol. The number of rotatable bonds is 3. The minimum Gasteiger partial charge on any atom is -0.444 e. The SMILES string of the molecule is CC(C)(C)OC(=O)N[C@H]1CC[C@H](Nc2c(N)cccc2Br)C1. The molecular weight excluding hydrogens is 346 g/mol. The van der Waals surface area contributed by atoms with Crippen LogP contribution < -0.4 is 16.4 Å². The van der Waals surface area contributed by atoms with E-state index >= 15 is 0 Å². The number of amides is 1. The molecule has 22 heavy (non-hydrogen) atoms. The summed E-state index contributed by atoms with van der Waals surface area (Å²) < 4.78 is 6.25. The zero-order chi connectivity index (χ0) is 16.3. The molecule has 1 aliphatic rings. The van der Waals surface area contributed by atoms with Gasteiger partial charge < -0.3 is 21.1 Å². The molecule has 0 spiro atoms. The number of alkyl carbamates (subject to hydrolysis) is 1. The normalized spacial score (nSPS) is 21.5. The number of benzene rings is 1. The fourth-order valence-corrected chi connectivity index (χ4v) is 3.11. The maximum absolute atomic E-state index is 11.8. The van der Waals surface area contributed by atoms with Crippen LogP contribution in [-0.4, -0.2) is 23.8 Å². The highest BCUT2D eigenvalue weighted by Crippen LogP contribution is 2.32. The summed E-state index contributed by atoms with van der Waals surface area (Å²) in [6.45, 7) is 5.59. The Morgan fingerprint density at radius 2 is 2.00 bits per heavy atom. The van der Waals surface area contributed by atoms with E-state index in [2.05, 4.69) is 26.6 Å². The highest BCUT2D eigenvalue weighted by Gasteiger charge is 2.28. The number of hydrogen-bond donors (Lipinski definition) is 3. The smallest absolute Gasteiger partial charge is 0.407 e. The van der Waals surface area contributed by atoms with Gasteiger partial charge in [-0.25, -0.2) is 4.79 Å². The Bertz CT molecular complexity index is 522. The van der Waals surface area contributed by atoms with Crippen LogP contribution in [0.1, 0.15) is 40.0 Å². The molecule has 0 heterocycles. The van der Waals surface area contributed by atoms with Crippen molar-refractivity contribution < 1.29 is 9.53 Å². The lowest BCUT2D eigenvalue weighted by molar-refractivity contribution is 0.0505. The van der Waals surface area contributed by atoms with Gasteiger partial charge in [0.15, 0.2) is 0 Å². The lowest BCUT2D eigenvalue weighted by Gasteiger charge is -2.22. The lowest BCUT2D eigenvalue weighted by Crippen LogP contribution is -2.38. The molecule has 5 nitrogen and oxygen atoms in total. The number of carbonyl (C=O) groups excluding carboxylic acids is 1. The minimum absolute atomic E-state index is 0.135. The Labute approximate surface area is 140 Å². The van der Waals surface area contributed by atoms with E-state index in [4.69, 9.17) is 10.5 Å². The topological polar surface area (TPSA) is 76.4 Å². The van der Waals surface area contributed by atoms with Crippen LogP contribution in [0.25, 0.3) is 0 Å². The summed E-state index contributed by atoms with van der Waals surface area (Å²) in [5.41, 5.74) is 7.18. The van der Waals surface area contributed by atoms with Crippen LogP contribution in [0.4, 0.5) is 16.2 Å². The molecule has 0 saturated heterocycles. The van der Waals surface area contributed by atoms with E-state index in [1.165, 1.54) is 0 Å². The summed E-state index contributed by atoms with van der Waals surface area (Å²) in [5.74, 6) is 0. The van der Waals surface area contributed by atoms with Gasteiger partial charge in [0, 0.05) is 16.6 Å². The van der Waals surface area contributed by atoms with Crippen LogP contribution in [0, 0.1) is 0 Å². The maximum atomic E-state index is 11.8. The van der Waals surface area contributed by atoms with E-state index in [9.17, 15) is 4.79 Å². The molecule has 4 N–H and O–H groups in total. The van der Waals surface area contributed by atoms with Crippen molar-refractivity contribution >= 4 is 33.4 Å². The van der Waals surface area contributed by atoms with E-state index in [1.54, 1.807) is 0 Å². The van der Waals surface area contributed by atoms with E-state index in [0.29, 0.717) is 6.04 Å². The number of para-hydroxylation sites is 1. The first-order valence-electron chi connectivity index (χ1n) is 7.54. The molecule has 2 rings (SSSR count). The predicted octanol–water partition coefficient (Wildman–Crippen LogP) is 3.89. The van der Waals surface area contributed by atoms with E-state index in [1.807, 2.05) is 39.0 Å². The molecule has 1 aromatic rings. The number of hydrogen-bond acceptors (Lipinski definition) is 4. The second-order valence-electron chi connectivity index (χ2n) is 6.70. The Kier molecular flexibility index (Phi) is 5.21. The van der Waals surface area contributed by atoms with Crippen LogP contribution in [0.5, 0.6) is 0 Å². The third-order valence-electron chi connectivity index (χ3n) is 3.55. The van der Waals surface area contributed by atoms with Gasteiger partial charge in [-0.15, -0.1) is 0 Å². The first kappa shape index (κ1) is 16.9. The molecule has 122 valence electrons. The molecule has 1 fully saturated rings. The molecule has 1 saturated carbocycles. The predicted molar refractivity (Wildman–Crippen MR) is 93.0 cm³/mol. The summed E-state index contributed by atoms with van der Waals surface area (Å²) in [4.78, 5) is 11.8. The van der Waals surface area contributed by atoms with Crippen LogP contribution in [-0.2, 0) is 4.74 Å². The number of halogens is 1. The van der Waals surface area contributed by atoms with Gasteiger partial charge >= 0.3 is 6.09 Å². The van der Waals surface area contributed by atoms with Crippen LogP contribution in [0.15, 0.2) is 22.7 Å². The highest BCUT2D eigenvalue weighted by molar-refractivity contribution is 9.10. The number of carbonyl (C=O) groups is 1. The van der Waals surface area contributed by atoms with Crippen molar-refractivity contribution in [3.8, 4) is 0 Å².